The van der Waals surface area contributed by atoms with Crippen LogP contribution in [0.5, 0.6) is 0 Å². The van der Waals surface area contributed by atoms with Crippen LogP contribution in [0, 0.1) is 0 Å². The Bertz CT molecular complexity index is 108. The van der Waals surface area contributed by atoms with Crippen molar-refractivity contribution in [3.8, 4) is 0 Å². The molecule has 1 fully saturated rings. The minimum atomic E-state index is -0.0260. The largest absolute Gasteiger partial charge is 0.275 e. The summed E-state index contributed by atoms with van der Waals surface area (Å²) < 4.78 is -0.0260. The normalized spacial score (nSPS) is 20.6. The summed E-state index contributed by atoms with van der Waals surface area (Å²) in [4.78, 5) is 10.4. The number of thiol groups is 1. The fourth-order valence-corrected chi connectivity index (χ4v) is 2.45. The van der Waals surface area contributed by atoms with E-state index in [0.29, 0.717) is 5.25 Å². The van der Waals surface area contributed by atoms with Gasteiger partial charge in [0, 0.05) is 5.25 Å². The molecule has 0 atom stereocenters. The lowest BCUT2D eigenvalue weighted by Gasteiger charge is -2.01. The van der Waals surface area contributed by atoms with Gasteiger partial charge in [-0.3, -0.25) is 4.79 Å². The number of hydrogen-bond donors (Lipinski definition) is 1. The quantitative estimate of drug-likeness (QED) is 0.597. The second kappa shape index (κ2) is 3.52. The summed E-state index contributed by atoms with van der Waals surface area (Å²) in [6.07, 6.45) is 4.99. The van der Waals surface area contributed by atoms with Crippen LogP contribution in [-0.4, -0.2) is 9.70 Å². The topological polar surface area (TPSA) is 17.1 Å². The van der Waals surface area contributed by atoms with Gasteiger partial charge in [-0.2, -0.15) is 0 Å². The van der Waals surface area contributed by atoms with Gasteiger partial charge in [0.1, 0.15) is 0 Å². The molecule has 9 heavy (non-hydrogen) atoms. The highest BCUT2D eigenvalue weighted by Gasteiger charge is 2.16. The van der Waals surface area contributed by atoms with Gasteiger partial charge >= 0.3 is 0 Å². The molecule has 0 heterocycles. The maximum absolute atomic E-state index is 10.4. The summed E-state index contributed by atoms with van der Waals surface area (Å²) in [5.74, 6) is 0. The molecule has 1 nitrogen and oxygen atoms in total. The molecule has 1 rings (SSSR count). The maximum Gasteiger partial charge on any atom is 0.243 e. The molecule has 0 aromatic heterocycles. The maximum atomic E-state index is 10.4. The van der Waals surface area contributed by atoms with Crippen molar-refractivity contribution in [2.45, 2.75) is 30.9 Å². The van der Waals surface area contributed by atoms with E-state index in [1.807, 2.05) is 0 Å². The highest BCUT2D eigenvalue weighted by molar-refractivity contribution is 8.32. The van der Waals surface area contributed by atoms with Crippen molar-refractivity contribution in [3.05, 3.63) is 0 Å². The number of carbonyl (C=O) groups excluding carboxylic acids is 1. The van der Waals surface area contributed by atoms with Gasteiger partial charge in [0.2, 0.25) is 4.45 Å². The van der Waals surface area contributed by atoms with E-state index in [2.05, 4.69) is 12.6 Å². The molecule has 0 radical (unpaired) electrons. The second-order valence-corrected chi connectivity index (χ2v) is 4.27. The fraction of sp³-hybridized carbons (Fsp3) is 0.833. The Morgan fingerprint density at radius 3 is 2.44 bits per heavy atom. The highest BCUT2D eigenvalue weighted by Crippen LogP contribution is 2.30. The highest BCUT2D eigenvalue weighted by atomic mass is 32.2. The monoisotopic (exact) mass is 162 g/mol. The van der Waals surface area contributed by atoms with Crippen molar-refractivity contribution in [2.75, 3.05) is 0 Å². The van der Waals surface area contributed by atoms with E-state index in [4.69, 9.17) is 0 Å². The first-order valence-electron chi connectivity index (χ1n) is 3.18. The Kier molecular flexibility index (Phi) is 2.92. The number of thioether (sulfide) groups is 1. The van der Waals surface area contributed by atoms with E-state index in [1.54, 1.807) is 0 Å². The molecule has 0 aromatic rings. The predicted molar refractivity (Wildman–Crippen MR) is 44.2 cm³/mol. The van der Waals surface area contributed by atoms with Crippen LogP contribution < -0.4 is 0 Å². The van der Waals surface area contributed by atoms with Crippen LogP contribution in [0.2, 0.25) is 0 Å². The first-order chi connectivity index (χ1) is 4.29. The third-order valence-electron chi connectivity index (χ3n) is 1.57. The molecule has 0 aromatic carbocycles. The molecule has 0 N–H and O–H groups in total. The standard InChI is InChI=1S/C6H10OS2/c7-6(8)9-5-3-1-2-4-5/h5H,1-4H2,(H,7,8). The molecule has 0 aliphatic heterocycles. The van der Waals surface area contributed by atoms with Crippen LogP contribution >= 0.6 is 24.4 Å². The van der Waals surface area contributed by atoms with Crippen molar-refractivity contribution in [2.24, 2.45) is 0 Å². The Morgan fingerprint density at radius 1 is 1.44 bits per heavy atom. The average Bonchev–Trinajstić information content (AvgIpc) is 2.15. The molecule has 1 aliphatic carbocycles. The van der Waals surface area contributed by atoms with Crippen LogP contribution in [0.4, 0.5) is 4.79 Å². The molecule has 0 spiro atoms. The summed E-state index contributed by atoms with van der Waals surface area (Å²) >= 11 is 5.08. The van der Waals surface area contributed by atoms with Gasteiger partial charge in [-0.15, -0.1) is 0 Å². The van der Waals surface area contributed by atoms with E-state index in [-0.39, 0.29) is 4.45 Å². The Balaban J connectivity index is 2.19. The fourth-order valence-electron chi connectivity index (χ4n) is 1.15. The zero-order valence-electron chi connectivity index (χ0n) is 5.17. The lowest BCUT2D eigenvalue weighted by molar-refractivity contribution is 0.277. The minimum Gasteiger partial charge on any atom is -0.275 e. The summed E-state index contributed by atoms with van der Waals surface area (Å²) in [6.45, 7) is 0. The van der Waals surface area contributed by atoms with Gasteiger partial charge in [-0.1, -0.05) is 37.2 Å². The molecular weight excluding hydrogens is 152 g/mol. The number of hydrogen-bond acceptors (Lipinski definition) is 2. The summed E-state index contributed by atoms with van der Waals surface area (Å²) in [5.41, 5.74) is 0. The Labute approximate surface area is 65.0 Å². The van der Waals surface area contributed by atoms with E-state index in [9.17, 15) is 4.79 Å². The van der Waals surface area contributed by atoms with Crippen LogP contribution in [0.25, 0.3) is 0 Å². The SMILES string of the molecule is O=C(S)SC1CCCC1. The van der Waals surface area contributed by atoms with Gasteiger partial charge in [0.25, 0.3) is 0 Å². The zero-order chi connectivity index (χ0) is 6.69. The molecule has 1 saturated carbocycles. The van der Waals surface area contributed by atoms with Crippen molar-refractivity contribution in [1.29, 1.82) is 0 Å². The summed E-state index contributed by atoms with van der Waals surface area (Å²) in [7, 11) is 0. The van der Waals surface area contributed by atoms with Crippen LogP contribution in [0.1, 0.15) is 25.7 Å². The smallest absolute Gasteiger partial charge is 0.243 e. The van der Waals surface area contributed by atoms with E-state index >= 15 is 0 Å². The zero-order valence-corrected chi connectivity index (χ0v) is 6.88. The van der Waals surface area contributed by atoms with Gasteiger partial charge in [0.15, 0.2) is 0 Å². The third-order valence-corrected chi connectivity index (χ3v) is 2.89. The van der Waals surface area contributed by atoms with Crippen LogP contribution in [0.3, 0.4) is 0 Å². The second-order valence-electron chi connectivity index (χ2n) is 2.29. The first-order valence-corrected chi connectivity index (χ1v) is 4.51. The lowest BCUT2D eigenvalue weighted by atomic mass is 10.4. The van der Waals surface area contributed by atoms with Gasteiger partial charge in [-0.05, 0) is 12.8 Å². The van der Waals surface area contributed by atoms with Crippen molar-refractivity contribution in [3.63, 3.8) is 0 Å². The molecule has 0 amide bonds. The number of rotatable bonds is 1. The van der Waals surface area contributed by atoms with Gasteiger partial charge in [-0.25, -0.2) is 0 Å². The Hall–Kier alpha value is 0.370. The van der Waals surface area contributed by atoms with Crippen molar-refractivity contribution in [1.82, 2.24) is 0 Å². The average molecular weight is 162 g/mol. The van der Waals surface area contributed by atoms with Crippen LogP contribution in [-0.2, 0) is 0 Å². The van der Waals surface area contributed by atoms with Crippen molar-refractivity contribution >= 4 is 28.8 Å². The molecular formula is C6H10OS2. The summed E-state index contributed by atoms with van der Waals surface area (Å²) in [5, 5.41) is 0.579. The van der Waals surface area contributed by atoms with E-state index in [1.165, 1.54) is 37.4 Å². The molecule has 52 valence electrons. The molecule has 1 aliphatic rings. The molecule has 0 unspecified atom stereocenters. The van der Waals surface area contributed by atoms with Crippen LogP contribution in [0.15, 0.2) is 0 Å². The molecule has 0 saturated heterocycles. The van der Waals surface area contributed by atoms with E-state index < -0.39 is 0 Å². The molecule has 0 bridgehead atoms. The van der Waals surface area contributed by atoms with Gasteiger partial charge in [0.05, 0.1) is 0 Å². The Morgan fingerprint density at radius 2 is 2.00 bits per heavy atom. The van der Waals surface area contributed by atoms with Gasteiger partial charge < -0.3 is 0 Å². The van der Waals surface area contributed by atoms with E-state index in [0.717, 1.165) is 0 Å². The predicted octanol–water partition coefficient (Wildman–Crippen LogP) is 2.71. The first kappa shape index (κ1) is 7.48. The molecule has 3 heteroatoms. The van der Waals surface area contributed by atoms with Crippen molar-refractivity contribution < 1.29 is 4.79 Å². The minimum absolute atomic E-state index is 0.0260. The lowest BCUT2D eigenvalue weighted by Crippen LogP contribution is -1.94. The number of carbonyl (C=O) groups is 1. The third kappa shape index (κ3) is 2.63. The summed E-state index contributed by atoms with van der Waals surface area (Å²) in [6, 6.07) is 0.